The summed E-state index contributed by atoms with van der Waals surface area (Å²) in [7, 11) is 0. The number of rotatable bonds is 4. The highest BCUT2D eigenvalue weighted by Gasteiger charge is 2.07. The van der Waals surface area contributed by atoms with Crippen molar-refractivity contribution in [3.05, 3.63) is 71.8 Å². The summed E-state index contributed by atoms with van der Waals surface area (Å²) in [5.41, 5.74) is 3.57. The average molecular weight is 281 g/mol. The molecule has 1 aromatic heterocycles. The van der Waals surface area contributed by atoms with Crippen molar-refractivity contribution < 1.29 is 4.39 Å². The molecule has 1 unspecified atom stereocenters. The number of halogens is 1. The first kappa shape index (κ1) is 13.6. The fourth-order valence-electron chi connectivity index (χ4n) is 2.23. The van der Waals surface area contributed by atoms with E-state index in [1.807, 2.05) is 37.3 Å². The fourth-order valence-corrected chi connectivity index (χ4v) is 2.23. The molecule has 4 heteroatoms. The first-order valence-corrected chi connectivity index (χ1v) is 6.92. The molecular formula is C17H16FN3. The molecule has 0 aliphatic rings. The van der Waals surface area contributed by atoms with Crippen LogP contribution in [0.1, 0.15) is 24.2 Å². The van der Waals surface area contributed by atoms with E-state index in [-0.39, 0.29) is 11.9 Å². The lowest BCUT2D eigenvalue weighted by atomic mass is 10.1. The third-order valence-electron chi connectivity index (χ3n) is 3.44. The van der Waals surface area contributed by atoms with Gasteiger partial charge < -0.3 is 5.32 Å². The second-order valence-electron chi connectivity index (χ2n) is 5.01. The van der Waals surface area contributed by atoms with Gasteiger partial charge in [-0.15, -0.1) is 0 Å². The van der Waals surface area contributed by atoms with Gasteiger partial charge in [0.1, 0.15) is 5.82 Å². The molecule has 0 amide bonds. The van der Waals surface area contributed by atoms with E-state index < -0.39 is 0 Å². The van der Waals surface area contributed by atoms with Crippen LogP contribution < -0.4 is 5.32 Å². The molecule has 0 saturated heterocycles. The zero-order valence-electron chi connectivity index (χ0n) is 11.8. The Hall–Kier alpha value is -2.33. The highest BCUT2D eigenvalue weighted by Crippen LogP contribution is 2.14. The number of aromatic nitrogens is 2. The Bertz CT molecular complexity index is 758. The van der Waals surface area contributed by atoms with Crippen molar-refractivity contribution in [3.63, 3.8) is 0 Å². The lowest BCUT2D eigenvalue weighted by Gasteiger charge is -2.14. The normalized spacial score (nSPS) is 12.5. The van der Waals surface area contributed by atoms with Crippen LogP contribution in [0.25, 0.3) is 11.0 Å². The molecule has 1 heterocycles. The lowest BCUT2D eigenvalue weighted by molar-refractivity contribution is 0.559. The topological polar surface area (TPSA) is 37.8 Å². The Morgan fingerprint density at radius 3 is 2.71 bits per heavy atom. The number of benzene rings is 2. The summed E-state index contributed by atoms with van der Waals surface area (Å²) in [6, 6.07) is 14.5. The predicted molar refractivity (Wildman–Crippen MR) is 81.2 cm³/mol. The number of nitrogens with zero attached hydrogens (tertiary/aromatic N) is 2. The molecule has 106 valence electrons. The highest BCUT2D eigenvalue weighted by atomic mass is 19.1. The minimum absolute atomic E-state index is 0.0500. The van der Waals surface area contributed by atoms with Gasteiger partial charge in [-0.1, -0.05) is 24.3 Å². The molecule has 0 bridgehead atoms. The standard InChI is InChI=1S/C17H16FN3/c1-12(13-5-4-6-14(18)9-13)19-10-15-11-20-16-7-2-3-8-17(16)21-15/h2-9,11-12,19H,10H2,1H3. The van der Waals surface area contributed by atoms with Gasteiger partial charge in [0, 0.05) is 12.6 Å². The van der Waals surface area contributed by atoms with E-state index in [9.17, 15) is 4.39 Å². The smallest absolute Gasteiger partial charge is 0.123 e. The number of fused-ring (bicyclic) bond motifs is 1. The van der Waals surface area contributed by atoms with Crippen LogP contribution in [0, 0.1) is 5.82 Å². The summed E-state index contributed by atoms with van der Waals surface area (Å²) in [5.74, 6) is -0.216. The van der Waals surface area contributed by atoms with Crippen LogP contribution in [0.3, 0.4) is 0 Å². The Kier molecular flexibility index (Phi) is 3.88. The van der Waals surface area contributed by atoms with E-state index >= 15 is 0 Å². The Balaban J connectivity index is 1.71. The van der Waals surface area contributed by atoms with E-state index in [4.69, 9.17) is 0 Å². The maximum absolute atomic E-state index is 13.2. The van der Waals surface area contributed by atoms with Crippen molar-refractivity contribution >= 4 is 11.0 Å². The van der Waals surface area contributed by atoms with Crippen LogP contribution in [0.2, 0.25) is 0 Å². The molecule has 0 spiro atoms. The minimum atomic E-state index is -0.216. The van der Waals surface area contributed by atoms with Crippen molar-refractivity contribution in [3.8, 4) is 0 Å². The van der Waals surface area contributed by atoms with Crippen molar-refractivity contribution in [2.75, 3.05) is 0 Å². The highest BCUT2D eigenvalue weighted by molar-refractivity contribution is 5.73. The molecule has 0 aliphatic carbocycles. The maximum atomic E-state index is 13.2. The zero-order valence-corrected chi connectivity index (χ0v) is 11.8. The Morgan fingerprint density at radius 2 is 1.90 bits per heavy atom. The Labute approximate surface area is 122 Å². The molecule has 3 nitrogen and oxygen atoms in total. The van der Waals surface area contributed by atoms with Crippen LogP contribution in [-0.4, -0.2) is 9.97 Å². The average Bonchev–Trinajstić information content (AvgIpc) is 2.52. The molecule has 1 atom stereocenters. The summed E-state index contributed by atoms with van der Waals surface area (Å²) in [6.45, 7) is 2.60. The van der Waals surface area contributed by atoms with Gasteiger partial charge in [0.25, 0.3) is 0 Å². The fraction of sp³-hybridized carbons (Fsp3) is 0.176. The van der Waals surface area contributed by atoms with Crippen molar-refractivity contribution in [2.45, 2.75) is 19.5 Å². The summed E-state index contributed by atoms with van der Waals surface area (Å²) < 4.78 is 13.2. The molecule has 1 N–H and O–H groups in total. The van der Waals surface area contributed by atoms with Crippen molar-refractivity contribution in [2.24, 2.45) is 0 Å². The number of para-hydroxylation sites is 2. The second-order valence-corrected chi connectivity index (χ2v) is 5.01. The van der Waals surface area contributed by atoms with E-state index in [1.54, 1.807) is 18.3 Å². The van der Waals surface area contributed by atoms with Crippen LogP contribution in [0.4, 0.5) is 4.39 Å². The van der Waals surface area contributed by atoms with E-state index in [0.29, 0.717) is 6.54 Å². The molecule has 0 radical (unpaired) electrons. The lowest BCUT2D eigenvalue weighted by Crippen LogP contribution is -2.19. The molecule has 3 aromatic rings. The summed E-state index contributed by atoms with van der Waals surface area (Å²) in [4.78, 5) is 8.94. The molecule has 0 fully saturated rings. The monoisotopic (exact) mass is 281 g/mol. The van der Waals surface area contributed by atoms with Gasteiger partial charge in [0.2, 0.25) is 0 Å². The maximum Gasteiger partial charge on any atom is 0.123 e. The first-order chi connectivity index (χ1) is 10.2. The molecule has 0 saturated carbocycles. The quantitative estimate of drug-likeness (QED) is 0.793. The van der Waals surface area contributed by atoms with Crippen LogP contribution in [-0.2, 0) is 6.54 Å². The molecule has 2 aromatic carbocycles. The largest absolute Gasteiger partial charge is 0.305 e. The predicted octanol–water partition coefficient (Wildman–Crippen LogP) is 3.62. The van der Waals surface area contributed by atoms with Gasteiger partial charge in [-0.2, -0.15) is 0 Å². The van der Waals surface area contributed by atoms with Gasteiger partial charge in [0.05, 0.1) is 22.9 Å². The van der Waals surface area contributed by atoms with Crippen molar-refractivity contribution in [1.29, 1.82) is 0 Å². The van der Waals surface area contributed by atoms with Gasteiger partial charge >= 0.3 is 0 Å². The minimum Gasteiger partial charge on any atom is -0.305 e. The number of nitrogens with one attached hydrogen (secondary N) is 1. The van der Waals surface area contributed by atoms with Crippen molar-refractivity contribution in [1.82, 2.24) is 15.3 Å². The summed E-state index contributed by atoms with van der Waals surface area (Å²) in [6.07, 6.45) is 1.77. The van der Waals surface area contributed by atoms with Gasteiger partial charge in [0.15, 0.2) is 0 Å². The van der Waals surface area contributed by atoms with E-state index in [0.717, 1.165) is 22.3 Å². The number of hydrogen-bond acceptors (Lipinski definition) is 3. The summed E-state index contributed by atoms with van der Waals surface area (Å²) in [5, 5.41) is 3.34. The Morgan fingerprint density at radius 1 is 1.10 bits per heavy atom. The molecule has 21 heavy (non-hydrogen) atoms. The second kappa shape index (κ2) is 5.97. The molecular weight excluding hydrogens is 265 g/mol. The van der Waals surface area contributed by atoms with Gasteiger partial charge in [-0.3, -0.25) is 4.98 Å². The summed E-state index contributed by atoms with van der Waals surface area (Å²) >= 11 is 0. The molecule has 0 aliphatic heterocycles. The SMILES string of the molecule is CC(NCc1cnc2ccccc2n1)c1cccc(F)c1. The zero-order chi connectivity index (χ0) is 14.7. The van der Waals surface area contributed by atoms with E-state index in [2.05, 4.69) is 15.3 Å². The first-order valence-electron chi connectivity index (χ1n) is 6.92. The van der Waals surface area contributed by atoms with Crippen LogP contribution >= 0.6 is 0 Å². The number of hydrogen-bond donors (Lipinski definition) is 1. The third-order valence-corrected chi connectivity index (χ3v) is 3.44. The van der Waals surface area contributed by atoms with Gasteiger partial charge in [-0.05, 0) is 36.8 Å². The third kappa shape index (κ3) is 3.23. The van der Waals surface area contributed by atoms with Crippen LogP contribution in [0.15, 0.2) is 54.7 Å². The van der Waals surface area contributed by atoms with Crippen LogP contribution in [0.5, 0.6) is 0 Å². The molecule has 3 rings (SSSR count). The van der Waals surface area contributed by atoms with E-state index in [1.165, 1.54) is 6.07 Å². The van der Waals surface area contributed by atoms with Gasteiger partial charge in [-0.25, -0.2) is 9.37 Å².